The van der Waals surface area contributed by atoms with Crippen LogP contribution in [0.1, 0.15) is 35.0 Å². The molecule has 0 bridgehead atoms. The van der Waals surface area contributed by atoms with Crippen LogP contribution in [0.5, 0.6) is 0 Å². The lowest BCUT2D eigenvalue weighted by Crippen LogP contribution is -2.27. The Hall–Kier alpha value is -1.66. The van der Waals surface area contributed by atoms with E-state index in [2.05, 4.69) is 37.1 Å². The Morgan fingerprint density at radius 1 is 1.09 bits per heavy atom. The number of aryl methyl sites for hydroxylation is 3. The summed E-state index contributed by atoms with van der Waals surface area (Å²) in [5.74, 6) is 0. The van der Waals surface area contributed by atoms with Crippen molar-refractivity contribution in [3.63, 3.8) is 0 Å². The highest BCUT2D eigenvalue weighted by Gasteiger charge is 2.27. The molecule has 0 aliphatic carbocycles. The normalized spacial score (nSPS) is 12.1. The van der Waals surface area contributed by atoms with Crippen LogP contribution in [0.15, 0.2) is 23.1 Å². The molecule has 0 unspecified atom stereocenters. The van der Waals surface area contributed by atoms with Crippen LogP contribution in [0, 0.1) is 27.7 Å². The smallest absolute Gasteiger partial charge is 0.246 e. The van der Waals surface area contributed by atoms with Crippen LogP contribution < -0.4 is 0 Å². The molecule has 1 aromatic carbocycles. The Kier molecular flexibility index (Phi) is 4.96. The third kappa shape index (κ3) is 3.48. The molecule has 2 rings (SSSR count). The fraction of sp³-hybridized carbons (Fsp3) is 0.471. The summed E-state index contributed by atoms with van der Waals surface area (Å²) in [6.07, 6.45) is 0. The van der Waals surface area contributed by atoms with Gasteiger partial charge in [0.15, 0.2) is 0 Å². The van der Waals surface area contributed by atoms with E-state index >= 15 is 0 Å². The van der Waals surface area contributed by atoms with E-state index in [4.69, 9.17) is 0 Å². The molecule has 6 heteroatoms. The van der Waals surface area contributed by atoms with Gasteiger partial charge in [0.05, 0.1) is 17.9 Å². The Morgan fingerprint density at radius 2 is 1.65 bits per heavy atom. The van der Waals surface area contributed by atoms with Gasteiger partial charge in [-0.3, -0.25) is 4.68 Å². The predicted octanol–water partition coefficient (Wildman–Crippen LogP) is 2.81. The minimum atomic E-state index is -3.49. The van der Waals surface area contributed by atoms with Crippen molar-refractivity contribution >= 4 is 10.0 Å². The van der Waals surface area contributed by atoms with Gasteiger partial charge in [0.1, 0.15) is 4.90 Å². The lowest BCUT2D eigenvalue weighted by Gasteiger charge is -2.15. The molecule has 0 amide bonds. The number of hydrogen-bond acceptors (Lipinski definition) is 3. The first-order valence-electron chi connectivity index (χ1n) is 7.74. The van der Waals surface area contributed by atoms with Gasteiger partial charge >= 0.3 is 0 Å². The van der Waals surface area contributed by atoms with Gasteiger partial charge in [0.2, 0.25) is 10.0 Å². The second-order valence-corrected chi connectivity index (χ2v) is 8.05. The van der Waals surface area contributed by atoms with E-state index in [1.165, 1.54) is 15.4 Å². The highest BCUT2D eigenvalue weighted by Crippen LogP contribution is 2.23. The maximum atomic E-state index is 12.7. The summed E-state index contributed by atoms with van der Waals surface area (Å²) in [4.78, 5) is 0.325. The highest BCUT2D eigenvalue weighted by atomic mass is 32.2. The molecule has 0 aliphatic heterocycles. The first kappa shape index (κ1) is 17.7. The first-order valence-corrected chi connectivity index (χ1v) is 9.18. The Balaban J connectivity index is 2.46. The molecule has 0 saturated carbocycles. The van der Waals surface area contributed by atoms with Gasteiger partial charge in [-0.25, -0.2) is 12.7 Å². The molecule has 0 aliphatic rings. The van der Waals surface area contributed by atoms with Gasteiger partial charge in [-0.15, -0.1) is 0 Å². The number of hydrogen-bond donors (Lipinski definition) is 0. The van der Waals surface area contributed by atoms with Gasteiger partial charge in [0, 0.05) is 13.6 Å². The molecule has 0 atom stereocenters. The minimum Gasteiger partial charge on any atom is -0.264 e. The van der Waals surface area contributed by atoms with E-state index < -0.39 is 10.0 Å². The molecule has 1 aromatic heterocycles. The molecule has 126 valence electrons. The van der Waals surface area contributed by atoms with Crippen molar-refractivity contribution in [1.29, 1.82) is 0 Å². The maximum Gasteiger partial charge on any atom is 0.246 e. The van der Waals surface area contributed by atoms with Crippen LogP contribution in [0.25, 0.3) is 0 Å². The molecular weight excluding hydrogens is 310 g/mol. The SMILES string of the molecule is CCN(C)S(=O)(=O)c1c(C)nn(Cc2cc(C)cc(C)c2)c1C. The Morgan fingerprint density at radius 3 is 2.17 bits per heavy atom. The van der Waals surface area contributed by atoms with Gasteiger partial charge in [-0.1, -0.05) is 36.2 Å². The zero-order chi connectivity index (χ0) is 17.4. The summed E-state index contributed by atoms with van der Waals surface area (Å²) in [7, 11) is -1.90. The number of nitrogens with zero attached hydrogens (tertiary/aromatic N) is 3. The van der Waals surface area contributed by atoms with Crippen LogP contribution in [0.2, 0.25) is 0 Å². The standard InChI is InChI=1S/C17H25N3O2S/c1-7-19(6)23(21,22)17-14(4)18-20(15(17)5)11-16-9-12(2)8-13(3)10-16/h8-10H,7,11H2,1-6H3. The van der Waals surface area contributed by atoms with Gasteiger partial charge in [-0.2, -0.15) is 5.10 Å². The summed E-state index contributed by atoms with van der Waals surface area (Å²) in [5.41, 5.74) is 4.75. The number of benzene rings is 1. The van der Waals surface area contributed by atoms with E-state index in [-0.39, 0.29) is 0 Å². The second kappa shape index (κ2) is 6.45. The Bertz CT molecular complexity index is 802. The lowest BCUT2D eigenvalue weighted by molar-refractivity contribution is 0.485. The van der Waals surface area contributed by atoms with Crippen LogP contribution in [0.3, 0.4) is 0 Å². The zero-order valence-electron chi connectivity index (χ0n) is 14.7. The van der Waals surface area contributed by atoms with Crippen molar-refractivity contribution in [3.05, 3.63) is 46.3 Å². The van der Waals surface area contributed by atoms with E-state index in [0.29, 0.717) is 29.4 Å². The molecule has 0 spiro atoms. The summed E-state index contributed by atoms with van der Waals surface area (Å²) in [6, 6.07) is 6.34. The lowest BCUT2D eigenvalue weighted by atomic mass is 10.1. The fourth-order valence-electron chi connectivity index (χ4n) is 2.87. The Labute approximate surface area is 139 Å². The van der Waals surface area contributed by atoms with Gasteiger partial charge < -0.3 is 0 Å². The molecular formula is C17H25N3O2S. The van der Waals surface area contributed by atoms with E-state index in [1.54, 1.807) is 18.7 Å². The molecule has 1 heterocycles. The van der Waals surface area contributed by atoms with Gasteiger partial charge in [0.25, 0.3) is 0 Å². The topological polar surface area (TPSA) is 55.2 Å². The average Bonchev–Trinajstić information content (AvgIpc) is 2.71. The molecule has 2 aromatic rings. The summed E-state index contributed by atoms with van der Waals surface area (Å²) in [5, 5.41) is 4.46. The minimum absolute atomic E-state index is 0.325. The van der Waals surface area contributed by atoms with Gasteiger partial charge in [-0.05, 0) is 33.3 Å². The predicted molar refractivity (Wildman–Crippen MR) is 92.2 cm³/mol. The van der Waals surface area contributed by atoms with Crippen molar-refractivity contribution in [3.8, 4) is 0 Å². The van der Waals surface area contributed by atoms with Crippen LogP contribution in [-0.2, 0) is 16.6 Å². The first-order chi connectivity index (χ1) is 10.7. The van der Waals surface area contributed by atoms with E-state index in [1.807, 2.05) is 13.8 Å². The van der Waals surface area contributed by atoms with Crippen molar-refractivity contribution in [2.45, 2.75) is 46.1 Å². The molecule has 5 nitrogen and oxygen atoms in total. The van der Waals surface area contributed by atoms with Crippen LogP contribution >= 0.6 is 0 Å². The average molecular weight is 335 g/mol. The fourth-order valence-corrected chi connectivity index (χ4v) is 4.41. The third-order valence-electron chi connectivity index (χ3n) is 4.04. The third-order valence-corrected chi connectivity index (χ3v) is 6.23. The highest BCUT2D eigenvalue weighted by molar-refractivity contribution is 7.89. The molecule has 0 saturated heterocycles. The number of rotatable bonds is 5. The molecule has 23 heavy (non-hydrogen) atoms. The van der Waals surface area contributed by atoms with Crippen LogP contribution in [0.4, 0.5) is 0 Å². The number of aromatic nitrogens is 2. The number of sulfonamides is 1. The molecule has 0 fully saturated rings. The maximum absolute atomic E-state index is 12.7. The van der Waals surface area contributed by atoms with Crippen molar-refractivity contribution < 1.29 is 8.42 Å². The zero-order valence-corrected chi connectivity index (χ0v) is 15.5. The van der Waals surface area contributed by atoms with Crippen molar-refractivity contribution in [2.75, 3.05) is 13.6 Å². The summed E-state index contributed by atoms with van der Waals surface area (Å²) >= 11 is 0. The quantitative estimate of drug-likeness (QED) is 0.844. The van der Waals surface area contributed by atoms with Crippen molar-refractivity contribution in [2.24, 2.45) is 0 Å². The van der Waals surface area contributed by atoms with Crippen molar-refractivity contribution in [1.82, 2.24) is 14.1 Å². The second-order valence-electron chi connectivity index (χ2n) is 6.07. The van der Waals surface area contributed by atoms with E-state index in [0.717, 1.165) is 5.56 Å². The molecule has 0 radical (unpaired) electrons. The largest absolute Gasteiger partial charge is 0.264 e. The van der Waals surface area contributed by atoms with E-state index in [9.17, 15) is 8.42 Å². The summed E-state index contributed by atoms with van der Waals surface area (Å²) < 4.78 is 28.4. The monoisotopic (exact) mass is 335 g/mol. The van der Waals surface area contributed by atoms with Crippen LogP contribution in [-0.4, -0.2) is 36.1 Å². The summed E-state index contributed by atoms with van der Waals surface area (Å²) in [6.45, 7) is 10.5. The molecule has 0 N–H and O–H groups in total.